The van der Waals surface area contributed by atoms with Gasteiger partial charge in [-0.1, -0.05) is 13.8 Å². The van der Waals surface area contributed by atoms with Gasteiger partial charge in [0.2, 0.25) is 0 Å². The molecule has 0 radical (unpaired) electrons. The molecule has 0 aromatic carbocycles. The molecule has 1 nitrogen and oxygen atoms in total. The lowest BCUT2D eigenvalue weighted by Crippen LogP contribution is -1.74. The van der Waals surface area contributed by atoms with E-state index >= 15 is 0 Å². The molecular weight excluding hydrogens is 185 g/mol. The fraction of sp³-hybridized carbons (Fsp3) is 0.300. The first-order chi connectivity index (χ1) is 6.25. The van der Waals surface area contributed by atoms with Gasteiger partial charge in [0.05, 0.1) is 16.4 Å². The molecule has 0 aliphatic heterocycles. The summed E-state index contributed by atoms with van der Waals surface area (Å²) in [6, 6.07) is 3.47. The number of thiophene rings is 1. The van der Waals surface area contributed by atoms with Crippen LogP contribution in [-0.4, -0.2) is 4.98 Å². The van der Waals surface area contributed by atoms with Crippen molar-refractivity contribution in [3.63, 3.8) is 0 Å². The number of rotatable bonds is 0. The Hall–Kier alpha value is -0.960. The zero-order chi connectivity index (χ0) is 9.84. The molecule has 0 bridgehead atoms. The third-order valence-electron chi connectivity index (χ3n) is 1.46. The second kappa shape index (κ2) is 4.33. The molecule has 0 saturated heterocycles. The van der Waals surface area contributed by atoms with Crippen molar-refractivity contribution < 1.29 is 4.39 Å². The summed E-state index contributed by atoms with van der Waals surface area (Å²) in [4.78, 5) is 5.10. The lowest BCUT2D eigenvalue weighted by molar-refractivity contribution is 0.624. The van der Waals surface area contributed by atoms with E-state index in [0.29, 0.717) is 0 Å². The molecule has 2 aromatic heterocycles. The predicted octanol–water partition coefficient (Wildman–Crippen LogP) is 3.77. The first kappa shape index (κ1) is 10.1. The number of nitrogens with zero attached hydrogens (tertiary/aromatic N) is 1. The molecule has 2 rings (SSSR count). The van der Waals surface area contributed by atoms with Gasteiger partial charge < -0.3 is 0 Å². The Morgan fingerprint density at radius 2 is 2.00 bits per heavy atom. The molecule has 0 fully saturated rings. The van der Waals surface area contributed by atoms with Crippen LogP contribution in [0.25, 0.3) is 10.2 Å². The van der Waals surface area contributed by atoms with E-state index in [-0.39, 0.29) is 5.82 Å². The molecule has 0 unspecified atom stereocenters. The Bertz CT molecular complexity index is 395. The summed E-state index contributed by atoms with van der Waals surface area (Å²) in [5, 5.41) is 0. The summed E-state index contributed by atoms with van der Waals surface area (Å²) in [6.07, 6.45) is 1.24. The maximum Gasteiger partial charge on any atom is 0.142 e. The minimum absolute atomic E-state index is 0.264. The Kier molecular flexibility index (Phi) is 3.37. The van der Waals surface area contributed by atoms with Crippen molar-refractivity contribution in [2.75, 3.05) is 0 Å². The molecule has 0 amide bonds. The second-order valence-electron chi connectivity index (χ2n) is 2.39. The molecule has 0 aliphatic carbocycles. The first-order valence-electron chi connectivity index (χ1n) is 4.27. The van der Waals surface area contributed by atoms with E-state index in [4.69, 9.17) is 0 Å². The van der Waals surface area contributed by atoms with Gasteiger partial charge in [-0.2, -0.15) is 0 Å². The van der Waals surface area contributed by atoms with Crippen LogP contribution in [0.5, 0.6) is 0 Å². The molecule has 0 atom stereocenters. The van der Waals surface area contributed by atoms with Crippen LogP contribution in [0.1, 0.15) is 18.7 Å². The average Bonchev–Trinajstić information content (AvgIpc) is 2.48. The predicted molar refractivity (Wildman–Crippen MR) is 55.7 cm³/mol. The summed E-state index contributed by atoms with van der Waals surface area (Å²) in [6.45, 7) is 5.99. The highest BCUT2D eigenvalue weighted by Gasteiger charge is 1.99. The zero-order valence-corrected chi connectivity index (χ0v) is 8.78. The van der Waals surface area contributed by atoms with Crippen molar-refractivity contribution >= 4 is 21.6 Å². The van der Waals surface area contributed by atoms with Gasteiger partial charge in [0.15, 0.2) is 0 Å². The summed E-state index contributed by atoms with van der Waals surface area (Å²) < 4.78 is 13.5. The summed E-state index contributed by atoms with van der Waals surface area (Å²) in [7, 11) is 0. The molecule has 0 N–H and O–H groups in total. The third kappa shape index (κ3) is 2.25. The monoisotopic (exact) mass is 197 g/mol. The third-order valence-corrected chi connectivity index (χ3v) is 2.45. The normalized spacial score (nSPS) is 9.54. The van der Waals surface area contributed by atoms with Crippen molar-refractivity contribution in [1.29, 1.82) is 0 Å². The number of fused-ring (bicyclic) bond motifs is 1. The van der Waals surface area contributed by atoms with Crippen LogP contribution in [0.15, 0.2) is 18.3 Å². The minimum Gasteiger partial charge on any atom is -0.252 e. The van der Waals surface area contributed by atoms with Gasteiger partial charge in [-0.25, -0.2) is 4.39 Å². The molecule has 0 spiro atoms. The fourth-order valence-corrected chi connectivity index (χ4v) is 1.92. The fourth-order valence-electron chi connectivity index (χ4n) is 1.02. The number of hydrogen-bond acceptors (Lipinski definition) is 2. The minimum atomic E-state index is -0.264. The van der Waals surface area contributed by atoms with Crippen LogP contribution < -0.4 is 0 Å². The van der Waals surface area contributed by atoms with E-state index in [1.807, 2.05) is 26.8 Å². The number of aryl methyl sites for hydroxylation is 1. The number of hydrogen-bond donors (Lipinski definition) is 0. The second-order valence-corrected chi connectivity index (χ2v) is 3.68. The van der Waals surface area contributed by atoms with Crippen molar-refractivity contribution in [1.82, 2.24) is 4.98 Å². The number of halogens is 1. The first-order valence-corrected chi connectivity index (χ1v) is 5.09. The smallest absolute Gasteiger partial charge is 0.142 e. The van der Waals surface area contributed by atoms with Crippen LogP contribution in [0.3, 0.4) is 0 Å². The maximum atomic E-state index is 12.6. The van der Waals surface area contributed by atoms with Gasteiger partial charge in [-0.3, -0.25) is 4.98 Å². The van der Waals surface area contributed by atoms with Crippen LogP contribution in [0.4, 0.5) is 4.39 Å². The summed E-state index contributed by atoms with van der Waals surface area (Å²) in [5.41, 5.74) is 0.883. The van der Waals surface area contributed by atoms with Gasteiger partial charge >= 0.3 is 0 Å². The molecule has 0 aliphatic rings. The Labute approximate surface area is 81.2 Å². The van der Waals surface area contributed by atoms with Gasteiger partial charge in [0.1, 0.15) is 5.82 Å². The van der Waals surface area contributed by atoms with Crippen LogP contribution in [0, 0.1) is 12.7 Å². The van der Waals surface area contributed by atoms with Gasteiger partial charge in [0, 0.05) is 4.88 Å². The summed E-state index contributed by atoms with van der Waals surface area (Å²) >= 11 is 1.56. The topological polar surface area (TPSA) is 12.9 Å². The van der Waals surface area contributed by atoms with Crippen LogP contribution >= 0.6 is 11.3 Å². The van der Waals surface area contributed by atoms with Crippen LogP contribution in [0.2, 0.25) is 0 Å². The average molecular weight is 197 g/mol. The lowest BCUT2D eigenvalue weighted by atomic mass is 10.4. The molecule has 3 heteroatoms. The Morgan fingerprint density at radius 3 is 2.69 bits per heavy atom. The zero-order valence-electron chi connectivity index (χ0n) is 7.97. The van der Waals surface area contributed by atoms with E-state index in [0.717, 1.165) is 15.1 Å². The van der Waals surface area contributed by atoms with Gasteiger partial charge in [0.25, 0.3) is 0 Å². The van der Waals surface area contributed by atoms with E-state index < -0.39 is 0 Å². The van der Waals surface area contributed by atoms with Crippen molar-refractivity contribution in [2.24, 2.45) is 0 Å². The van der Waals surface area contributed by atoms with E-state index in [9.17, 15) is 4.39 Å². The van der Waals surface area contributed by atoms with Crippen molar-refractivity contribution in [3.05, 3.63) is 29.0 Å². The summed E-state index contributed by atoms with van der Waals surface area (Å²) in [5.74, 6) is -0.264. The molecule has 13 heavy (non-hydrogen) atoms. The molecule has 2 aromatic rings. The van der Waals surface area contributed by atoms with Gasteiger partial charge in [-0.15, -0.1) is 11.3 Å². The highest BCUT2D eigenvalue weighted by molar-refractivity contribution is 7.18. The standard InChI is InChI=1S/C8H6FNS.C2H6/c1-5-2-7-8(11-5)3-6(9)4-10-7;1-2/h2-4H,1H3;1-2H3. The quantitative estimate of drug-likeness (QED) is 0.626. The van der Waals surface area contributed by atoms with E-state index in [2.05, 4.69) is 4.98 Å². The molecule has 0 saturated carbocycles. The highest BCUT2D eigenvalue weighted by atomic mass is 32.1. The van der Waals surface area contributed by atoms with Crippen LogP contribution in [-0.2, 0) is 0 Å². The Balaban J connectivity index is 0.000000396. The van der Waals surface area contributed by atoms with Crippen molar-refractivity contribution in [3.8, 4) is 0 Å². The van der Waals surface area contributed by atoms with E-state index in [1.54, 1.807) is 11.3 Å². The largest absolute Gasteiger partial charge is 0.252 e. The van der Waals surface area contributed by atoms with Gasteiger partial charge in [-0.05, 0) is 19.1 Å². The molecule has 2 heterocycles. The maximum absolute atomic E-state index is 12.6. The van der Waals surface area contributed by atoms with E-state index in [1.165, 1.54) is 12.3 Å². The molecule has 70 valence electrons. The molecular formula is C10H12FNS. The SMILES string of the molecule is CC.Cc1cc2ncc(F)cc2s1. The lowest BCUT2D eigenvalue weighted by Gasteiger charge is -1.86. The number of aromatic nitrogens is 1. The van der Waals surface area contributed by atoms with Crippen molar-refractivity contribution in [2.45, 2.75) is 20.8 Å². The number of pyridine rings is 1. The highest BCUT2D eigenvalue weighted by Crippen LogP contribution is 2.23. The Morgan fingerprint density at radius 1 is 1.31 bits per heavy atom.